The summed E-state index contributed by atoms with van der Waals surface area (Å²) in [4.78, 5) is 0. The predicted octanol–water partition coefficient (Wildman–Crippen LogP) is 12.6. The number of rotatable bonds is 4. The quantitative estimate of drug-likeness (QED) is 0.186. The molecule has 0 bridgehead atoms. The Bertz CT molecular complexity index is 3350. The van der Waals surface area contributed by atoms with Crippen molar-refractivity contribution >= 4 is 43.5 Å². The van der Waals surface area contributed by atoms with Crippen LogP contribution in [0.25, 0.3) is 88.0 Å². The van der Waals surface area contributed by atoms with Crippen LogP contribution in [0.15, 0.2) is 174 Å². The number of furan rings is 1. The van der Waals surface area contributed by atoms with Gasteiger partial charge in [-0.3, -0.25) is 0 Å². The standard InChI is InChI=1S/C44H28O/c1-3-13-29(14-4-1)33-21-11-23-39-43(33)44-34(22-12-24-40(44)45-39)30-25-27-32(28-26-30)42-37-19-9-7-17-35(37)41(31-15-5-2-6-16-31)36-18-8-10-20-38(36)42/h1-28H/i2D,5D,6D,7D,8D,9D,10D,15D,16D,17D,18D,19D,20D,25D,26D,27D,28D. The van der Waals surface area contributed by atoms with E-state index >= 15 is 0 Å². The summed E-state index contributed by atoms with van der Waals surface area (Å²) >= 11 is 0. The Kier molecular flexibility index (Phi) is 3.18. The number of fused-ring (bicyclic) bond motifs is 5. The van der Waals surface area contributed by atoms with Gasteiger partial charge in [0.05, 0.1) is 23.3 Å². The van der Waals surface area contributed by atoms with Crippen LogP contribution in [0.5, 0.6) is 0 Å². The molecule has 0 spiro atoms. The van der Waals surface area contributed by atoms with Crippen molar-refractivity contribution in [3.8, 4) is 44.5 Å². The summed E-state index contributed by atoms with van der Waals surface area (Å²) in [5.41, 5.74) is 0.480. The van der Waals surface area contributed by atoms with E-state index in [0.717, 1.165) is 11.1 Å². The zero-order valence-electron chi connectivity index (χ0n) is 40.3. The van der Waals surface area contributed by atoms with Gasteiger partial charge in [-0.05, 0) is 78.2 Å². The van der Waals surface area contributed by atoms with E-state index in [1.807, 2.05) is 42.5 Å². The molecule has 1 heteroatoms. The van der Waals surface area contributed by atoms with E-state index in [-0.39, 0.29) is 11.1 Å². The van der Waals surface area contributed by atoms with Gasteiger partial charge in [0.1, 0.15) is 11.2 Å². The largest absolute Gasteiger partial charge is 0.456 e. The Balaban J connectivity index is 1.49. The van der Waals surface area contributed by atoms with Gasteiger partial charge < -0.3 is 4.42 Å². The van der Waals surface area contributed by atoms with Crippen LogP contribution in [-0.2, 0) is 0 Å². The normalized spacial score (nSPS) is 16.8. The molecule has 210 valence electrons. The van der Waals surface area contributed by atoms with Crippen molar-refractivity contribution in [1.29, 1.82) is 0 Å². The highest BCUT2D eigenvalue weighted by Gasteiger charge is 2.18. The first-order chi connectivity index (χ1) is 29.4. The average Bonchev–Trinajstić information content (AvgIpc) is 3.67. The third-order valence-corrected chi connectivity index (χ3v) is 7.88. The summed E-state index contributed by atoms with van der Waals surface area (Å²) in [5, 5.41) is -0.925. The SMILES string of the molecule is [2H]c1c([2H])c([2H])c(-c2c3c([2H])c([2H])c([2H])c([2H])c3c(-c3c([2H])c([2H])c(-c4cccc5oc6cccc(-c7ccccc7)c6c45)c([2H])c3[2H])c3c([2H])c([2H])c([2H])c([2H])c23)c([2H])c1[2H]. The van der Waals surface area contributed by atoms with Gasteiger partial charge in [0.15, 0.2) is 0 Å². The molecular weight excluding hydrogens is 544 g/mol. The molecule has 0 aliphatic carbocycles. The van der Waals surface area contributed by atoms with Crippen LogP contribution in [0, 0.1) is 0 Å². The van der Waals surface area contributed by atoms with Gasteiger partial charge in [0.2, 0.25) is 0 Å². The second-order valence-corrected chi connectivity index (χ2v) is 10.3. The number of hydrogen-bond donors (Lipinski definition) is 0. The number of benzene rings is 8. The van der Waals surface area contributed by atoms with Crippen LogP contribution in [0.3, 0.4) is 0 Å². The van der Waals surface area contributed by atoms with E-state index in [9.17, 15) is 11.0 Å². The maximum absolute atomic E-state index is 9.60. The lowest BCUT2D eigenvalue weighted by Crippen LogP contribution is -1.90. The highest BCUT2D eigenvalue weighted by atomic mass is 16.3. The van der Waals surface area contributed by atoms with E-state index in [1.54, 1.807) is 24.3 Å². The van der Waals surface area contributed by atoms with Crippen molar-refractivity contribution in [2.75, 3.05) is 0 Å². The Morgan fingerprint density at radius 1 is 0.356 bits per heavy atom. The topological polar surface area (TPSA) is 13.1 Å². The van der Waals surface area contributed by atoms with E-state index in [1.165, 1.54) is 0 Å². The number of hydrogen-bond acceptors (Lipinski definition) is 1. The molecule has 1 heterocycles. The Labute approximate surface area is 285 Å². The molecule has 0 N–H and O–H groups in total. The van der Waals surface area contributed by atoms with Gasteiger partial charge in [0, 0.05) is 10.8 Å². The van der Waals surface area contributed by atoms with Crippen LogP contribution in [0.1, 0.15) is 23.3 Å². The molecule has 0 saturated heterocycles. The Morgan fingerprint density at radius 2 is 0.800 bits per heavy atom. The van der Waals surface area contributed by atoms with Crippen LogP contribution >= 0.6 is 0 Å². The van der Waals surface area contributed by atoms with Crippen molar-refractivity contribution in [3.05, 3.63) is 169 Å². The molecule has 0 amide bonds. The lowest BCUT2D eigenvalue weighted by molar-refractivity contribution is 0.669. The lowest BCUT2D eigenvalue weighted by Gasteiger charge is -2.18. The molecule has 45 heavy (non-hydrogen) atoms. The highest BCUT2D eigenvalue weighted by Crippen LogP contribution is 2.45. The molecule has 0 atom stereocenters. The zero-order chi connectivity index (χ0) is 44.5. The zero-order valence-corrected chi connectivity index (χ0v) is 23.3. The molecule has 0 fully saturated rings. The average molecular weight is 590 g/mol. The van der Waals surface area contributed by atoms with E-state index in [2.05, 4.69) is 0 Å². The highest BCUT2D eigenvalue weighted by molar-refractivity contribution is 6.22. The molecule has 1 nitrogen and oxygen atoms in total. The second kappa shape index (κ2) is 10.4. The van der Waals surface area contributed by atoms with E-state index in [0.29, 0.717) is 21.9 Å². The summed E-state index contributed by atoms with van der Waals surface area (Å²) in [6.07, 6.45) is 0. The molecule has 0 saturated carbocycles. The predicted molar refractivity (Wildman–Crippen MR) is 190 cm³/mol. The third-order valence-electron chi connectivity index (χ3n) is 7.88. The second-order valence-electron chi connectivity index (χ2n) is 10.3. The minimum atomic E-state index is -0.826. The van der Waals surface area contributed by atoms with Gasteiger partial charge in [-0.2, -0.15) is 0 Å². The monoisotopic (exact) mass is 589 g/mol. The van der Waals surface area contributed by atoms with Crippen LogP contribution in [0.2, 0.25) is 0 Å². The molecule has 0 radical (unpaired) electrons. The Hall–Kier alpha value is -5.92. The van der Waals surface area contributed by atoms with Crippen LogP contribution < -0.4 is 0 Å². The van der Waals surface area contributed by atoms with Crippen molar-refractivity contribution in [2.24, 2.45) is 0 Å². The Morgan fingerprint density at radius 3 is 1.33 bits per heavy atom. The summed E-state index contributed by atoms with van der Waals surface area (Å²) in [6.45, 7) is 0. The van der Waals surface area contributed by atoms with Crippen LogP contribution in [-0.4, -0.2) is 0 Å². The fourth-order valence-electron chi connectivity index (χ4n) is 6.01. The van der Waals surface area contributed by atoms with Gasteiger partial charge >= 0.3 is 0 Å². The van der Waals surface area contributed by atoms with Crippen molar-refractivity contribution in [1.82, 2.24) is 0 Å². The molecule has 8 aromatic carbocycles. The molecule has 0 unspecified atom stereocenters. The lowest BCUT2D eigenvalue weighted by atomic mass is 9.85. The van der Waals surface area contributed by atoms with Crippen molar-refractivity contribution < 1.29 is 27.7 Å². The molecule has 9 aromatic rings. The minimum absolute atomic E-state index is 0.145. The molecular formula is C44H28O. The van der Waals surface area contributed by atoms with Crippen molar-refractivity contribution in [3.63, 3.8) is 0 Å². The molecule has 0 aliphatic rings. The first-order valence-corrected chi connectivity index (χ1v) is 14.1. The van der Waals surface area contributed by atoms with Gasteiger partial charge in [-0.25, -0.2) is 0 Å². The van der Waals surface area contributed by atoms with Gasteiger partial charge in [-0.1, -0.05) is 157 Å². The fourth-order valence-corrected chi connectivity index (χ4v) is 6.01. The maximum Gasteiger partial charge on any atom is 0.136 e. The first-order valence-electron chi connectivity index (χ1n) is 22.6. The molecule has 0 aliphatic heterocycles. The summed E-state index contributed by atoms with van der Waals surface area (Å²) in [5.74, 6) is 0. The minimum Gasteiger partial charge on any atom is -0.456 e. The smallest absolute Gasteiger partial charge is 0.136 e. The molecule has 1 aromatic heterocycles. The fraction of sp³-hybridized carbons (Fsp3) is 0. The summed E-state index contributed by atoms with van der Waals surface area (Å²) < 4.78 is 159. The maximum atomic E-state index is 9.60. The summed E-state index contributed by atoms with van der Waals surface area (Å²) in [6, 6.07) is 6.78. The van der Waals surface area contributed by atoms with Crippen LogP contribution in [0.4, 0.5) is 0 Å². The third kappa shape index (κ3) is 4.09. The van der Waals surface area contributed by atoms with Gasteiger partial charge in [-0.15, -0.1) is 0 Å². The van der Waals surface area contributed by atoms with E-state index < -0.39 is 147 Å². The van der Waals surface area contributed by atoms with E-state index in [4.69, 9.17) is 16.8 Å². The van der Waals surface area contributed by atoms with Crippen molar-refractivity contribution in [2.45, 2.75) is 0 Å². The van der Waals surface area contributed by atoms with Gasteiger partial charge in [0.25, 0.3) is 0 Å². The first kappa shape index (κ1) is 13.8. The molecule has 9 rings (SSSR count). The summed E-state index contributed by atoms with van der Waals surface area (Å²) in [7, 11) is 0.